The fourth-order valence-corrected chi connectivity index (χ4v) is 9.39. The van der Waals surface area contributed by atoms with Crippen LogP contribution in [-0.4, -0.2) is 0 Å². The molecule has 0 atom stereocenters. The summed E-state index contributed by atoms with van der Waals surface area (Å²) < 4.78 is 8.82. The Labute approximate surface area is 322 Å². The summed E-state index contributed by atoms with van der Waals surface area (Å²) in [6.45, 7) is 0. The van der Waals surface area contributed by atoms with Crippen LogP contribution in [0.3, 0.4) is 0 Å². The molecule has 3 heteroatoms. The zero-order valence-electron chi connectivity index (χ0n) is 29.8. The van der Waals surface area contributed by atoms with Gasteiger partial charge in [-0.2, -0.15) is 0 Å². The third kappa shape index (κ3) is 5.40. The number of thiophene rings is 1. The van der Waals surface area contributed by atoms with Crippen molar-refractivity contribution in [1.29, 1.82) is 0 Å². The average molecular weight is 720 g/mol. The number of hydrogen-bond donors (Lipinski definition) is 0. The van der Waals surface area contributed by atoms with Gasteiger partial charge in [0.2, 0.25) is 0 Å². The molecule has 0 radical (unpaired) electrons. The maximum Gasteiger partial charge on any atom is 0.136 e. The van der Waals surface area contributed by atoms with E-state index in [1.807, 2.05) is 23.5 Å². The molecule has 2 heterocycles. The molecule has 0 fully saturated rings. The van der Waals surface area contributed by atoms with Gasteiger partial charge >= 0.3 is 0 Å². The maximum atomic E-state index is 6.27. The second kappa shape index (κ2) is 12.9. The van der Waals surface area contributed by atoms with E-state index in [2.05, 4.69) is 193 Å². The number of para-hydroxylation sites is 1. The molecule has 9 aromatic carbocycles. The highest BCUT2D eigenvalue weighted by atomic mass is 32.1. The van der Waals surface area contributed by atoms with Crippen molar-refractivity contribution in [2.24, 2.45) is 0 Å². The molecule has 0 aliphatic carbocycles. The van der Waals surface area contributed by atoms with E-state index in [4.69, 9.17) is 4.42 Å². The zero-order valence-corrected chi connectivity index (χ0v) is 30.6. The van der Waals surface area contributed by atoms with Crippen molar-refractivity contribution in [1.82, 2.24) is 0 Å². The zero-order chi connectivity index (χ0) is 36.3. The summed E-state index contributed by atoms with van der Waals surface area (Å²) in [5.41, 5.74) is 12.3. The van der Waals surface area contributed by atoms with Gasteiger partial charge in [-0.1, -0.05) is 146 Å². The van der Waals surface area contributed by atoms with Crippen molar-refractivity contribution in [3.05, 3.63) is 200 Å². The van der Waals surface area contributed by atoms with E-state index in [-0.39, 0.29) is 0 Å². The maximum absolute atomic E-state index is 6.27. The van der Waals surface area contributed by atoms with Crippen LogP contribution in [0.15, 0.2) is 205 Å². The van der Waals surface area contributed by atoms with Crippen LogP contribution in [-0.2, 0) is 0 Å². The highest BCUT2D eigenvalue weighted by Gasteiger charge is 2.23. The summed E-state index contributed by atoms with van der Waals surface area (Å²) in [4.78, 5) is 2.47. The van der Waals surface area contributed by atoms with Gasteiger partial charge in [0.05, 0.1) is 10.4 Å². The Morgan fingerprint density at radius 1 is 0.364 bits per heavy atom. The summed E-state index contributed by atoms with van der Waals surface area (Å²) >= 11 is 1.87. The molecule has 0 aliphatic rings. The molecule has 0 saturated heterocycles. The van der Waals surface area contributed by atoms with Gasteiger partial charge in [-0.3, -0.25) is 0 Å². The minimum atomic E-state index is 0.903. The minimum absolute atomic E-state index is 0.903. The van der Waals surface area contributed by atoms with Gasteiger partial charge in [0.1, 0.15) is 11.2 Å². The lowest BCUT2D eigenvalue weighted by atomic mass is 9.98. The summed E-state index contributed by atoms with van der Waals surface area (Å²) in [7, 11) is 0. The number of benzene rings is 9. The van der Waals surface area contributed by atoms with Gasteiger partial charge in [0.25, 0.3) is 0 Å². The van der Waals surface area contributed by atoms with Crippen LogP contribution in [0.2, 0.25) is 0 Å². The van der Waals surface area contributed by atoms with Crippen molar-refractivity contribution in [3.8, 4) is 33.4 Å². The fourth-order valence-electron chi connectivity index (χ4n) is 8.15. The molecule has 0 unspecified atom stereocenters. The molecular weight excluding hydrogens is 687 g/mol. The van der Waals surface area contributed by atoms with Crippen LogP contribution >= 0.6 is 11.3 Å². The Kier molecular flexibility index (Phi) is 7.39. The highest BCUT2D eigenvalue weighted by molar-refractivity contribution is 7.26. The lowest BCUT2D eigenvalue weighted by molar-refractivity contribution is 0.669. The van der Waals surface area contributed by atoms with E-state index in [0.717, 1.165) is 44.4 Å². The van der Waals surface area contributed by atoms with E-state index >= 15 is 0 Å². The molecule has 55 heavy (non-hydrogen) atoms. The van der Waals surface area contributed by atoms with E-state index < -0.39 is 0 Å². The molecule has 0 saturated carbocycles. The smallest absolute Gasteiger partial charge is 0.136 e. The topological polar surface area (TPSA) is 16.4 Å². The SMILES string of the molecule is c1ccc(-c2ccc3cc(N(c4ccc(-c5ccc6c(c5)oc5ccccc56)cc4)c4c(-c5ccccc5)ccc5c4sc4ccccc45)ccc3c2)cc1. The summed E-state index contributed by atoms with van der Waals surface area (Å²) in [6.07, 6.45) is 0. The van der Waals surface area contributed by atoms with E-state index in [0.29, 0.717) is 0 Å². The lowest BCUT2D eigenvalue weighted by Crippen LogP contribution is -2.11. The van der Waals surface area contributed by atoms with Gasteiger partial charge in [-0.05, 0) is 93.2 Å². The first-order chi connectivity index (χ1) is 27.2. The minimum Gasteiger partial charge on any atom is -0.456 e. The van der Waals surface area contributed by atoms with Crippen LogP contribution in [0.1, 0.15) is 0 Å². The summed E-state index contributed by atoms with van der Waals surface area (Å²) in [5.74, 6) is 0. The van der Waals surface area contributed by atoms with Gasteiger partial charge in [0.15, 0.2) is 0 Å². The second-order valence-corrected chi connectivity index (χ2v) is 15.2. The van der Waals surface area contributed by atoms with Crippen LogP contribution in [0.25, 0.3) is 86.3 Å². The second-order valence-electron chi connectivity index (χ2n) is 14.1. The Bertz CT molecular complexity index is 3190. The monoisotopic (exact) mass is 719 g/mol. The number of hydrogen-bond acceptors (Lipinski definition) is 3. The Balaban J connectivity index is 1.11. The highest BCUT2D eigenvalue weighted by Crippen LogP contribution is 2.50. The molecule has 0 N–H and O–H groups in total. The van der Waals surface area contributed by atoms with Gasteiger partial charge in [-0.25, -0.2) is 0 Å². The predicted octanol–water partition coefficient (Wildman–Crippen LogP) is 15.6. The van der Waals surface area contributed by atoms with Crippen LogP contribution in [0, 0.1) is 0 Å². The lowest BCUT2D eigenvalue weighted by Gasteiger charge is -2.29. The van der Waals surface area contributed by atoms with Crippen molar-refractivity contribution >= 4 is 81.3 Å². The third-order valence-corrected chi connectivity index (χ3v) is 12.0. The van der Waals surface area contributed by atoms with Crippen molar-refractivity contribution < 1.29 is 4.42 Å². The van der Waals surface area contributed by atoms with Crippen LogP contribution < -0.4 is 4.90 Å². The summed E-state index contributed by atoms with van der Waals surface area (Å²) in [5, 5.41) is 7.24. The quantitative estimate of drug-likeness (QED) is 0.170. The van der Waals surface area contributed by atoms with Crippen molar-refractivity contribution in [3.63, 3.8) is 0 Å². The molecule has 0 spiro atoms. The molecule has 2 aromatic heterocycles. The third-order valence-electron chi connectivity index (χ3n) is 10.9. The van der Waals surface area contributed by atoms with E-state index in [1.165, 1.54) is 58.9 Å². The van der Waals surface area contributed by atoms with E-state index in [1.54, 1.807) is 0 Å². The average Bonchev–Trinajstić information content (AvgIpc) is 3.83. The molecule has 11 rings (SSSR count). The fraction of sp³-hybridized carbons (Fsp3) is 0. The molecule has 11 aromatic rings. The Morgan fingerprint density at radius 2 is 0.945 bits per heavy atom. The van der Waals surface area contributed by atoms with E-state index in [9.17, 15) is 0 Å². The van der Waals surface area contributed by atoms with Gasteiger partial charge < -0.3 is 9.32 Å². The van der Waals surface area contributed by atoms with Gasteiger partial charge in [-0.15, -0.1) is 11.3 Å². The molecule has 0 amide bonds. The standard InChI is InChI=1S/C52H33NOS/c1-3-11-34(12-4-1)37-19-20-39-32-42(27-23-38(39)31-37)53(41-25-21-35(22-26-41)40-24-28-45-44-15-7-9-17-48(44)54-49(45)33-40)51-43(36-13-5-2-6-14-36)29-30-47-46-16-8-10-18-50(46)55-52(47)51/h1-33H. The van der Waals surface area contributed by atoms with Crippen LogP contribution in [0.5, 0.6) is 0 Å². The normalized spacial score (nSPS) is 11.6. The molecule has 258 valence electrons. The van der Waals surface area contributed by atoms with Crippen molar-refractivity contribution in [2.75, 3.05) is 4.90 Å². The first-order valence-electron chi connectivity index (χ1n) is 18.7. The van der Waals surface area contributed by atoms with Gasteiger partial charge in [0, 0.05) is 43.2 Å². The van der Waals surface area contributed by atoms with Crippen LogP contribution in [0.4, 0.5) is 17.1 Å². The largest absolute Gasteiger partial charge is 0.456 e. The molecule has 0 aliphatic heterocycles. The Hall–Kier alpha value is -6.94. The predicted molar refractivity (Wildman–Crippen MR) is 235 cm³/mol. The molecule has 2 nitrogen and oxygen atoms in total. The van der Waals surface area contributed by atoms with Crippen molar-refractivity contribution in [2.45, 2.75) is 0 Å². The first kappa shape index (κ1) is 31.6. The number of furan rings is 1. The number of nitrogens with zero attached hydrogens (tertiary/aromatic N) is 1. The number of rotatable bonds is 6. The molecular formula is C52H33NOS. The molecule has 0 bridgehead atoms. The Morgan fingerprint density at radius 3 is 1.78 bits per heavy atom. The number of fused-ring (bicyclic) bond motifs is 7. The number of anilines is 3. The summed E-state index contributed by atoms with van der Waals surface area (Å²) in [6, 6.07) is 72.3. The first-order valence-corrected chi connectivity index (χ1v) is 19.5.